The highest BCUT2D eigenvalue weighted by atomic mass is 32.1. The van der Waals surface area contributed by atoms with E-state index in [1.165, 1.54) is 11.3 Å². The van der Waals surface area contributed by atoms with Crippen molar-refractivity contribution >= 4 is 34.2 Å². The van der Waals surface area contributed by atoms with Gasteiger partial charge >= 0.3 is 0 Å². The van der Waals surface area contributed by atoms with Crippen LogP contribution in [0.4, 0.5) is 5.13 Å². The Bertz CT molecular complexity index is 1070. The van der Waals surface area contributed by atoms with E-state index in [9.17, 15) is 14.4 Å². The number of carbonyl (C=O) groups excluding carboxylic acids is 3. The van der Waals surface area contributed by atoms with Crippen molar-refractivity contribution in [3.63, 3.8) is 0 Å². The molecule has 0 aliphatic carbocycles. The fraction of sp³-hybridized carbons (Fsp3) is 0.333. The van der Waals surface area contributed by atoms with Crippen molar-refractivity contribution in [2.45, 2.75) is 33.7 Å². The van der Waals surface area contributed by atoms with Crippen molar-refractivity contribution in [2.75, 3.05) is 18.4 Å². The van der Waals surface area contributed by atoms with Crippen molar-refractivity contribution < 1.29 is 18.8 Å². The second kappa shape index (κ2) is 11.4. The molecule has 3 amide bonds. The van der Waals surface area contributed by atoms with E-state index >= 15 is 0 Å². The molecule has 0 atom stereocenters. The zero-order chi connectivity index (χ0) is 23.8. The molecule has 3 rings (SSSR count). The molecule has 1 aromatic carbocycles. The largest absolute Gasteiger partial charge is 0.467 e. The van der Waals surface area contributed by atoms with Crippen LogP contribution in [0.5, 0.6) is 0 Å². The Hall–Kier alpha value is -3.46. The fourth-order valence-corrected chi connectivity index (χ4v) is 3.87. The summed E-state index contributed by atoms with van der Waals surface area (Å²) in [6.07, 6.45) is 1.64. The van der Waals surface area contributed by atoms with Gasteiger partial charge in [0.25, 0.3) is 5.91 Å². The van der Waals surface area contributed by atoms with E-state index in [4.69, 9.17) is 4.42 Å². The van der Waals surface area contributed by atoms with Crippen LogP contribution in [0.1, 0.15) is 41.2 Å². The molecule has 2 heterocycles. The van der Waals surface area contributed by atoms with E-state index in [0.717, 1.165) is 5.56 Å². The second-order valence-corrected chi connectivity index (χ2v) is 9.03. The van der Waals surface area contributed by atoms with Gasteiger partial charge in [-0.15, -0.1) is 11.3 Å². The number of nitrogens with zero attached hydrogens (tertiary/aromatic N) is 2. The molecule has 0 saturated carbocycles. The fourth-order valence-electron chi connectivity index (χ4n) is 3.14. The van der Waals surface area contributed by atoms with Gasteiger partial charge in [-0.2, -0.15) is 0 Å². The average molecular weight is 469 g/mol. The van der Waals surface area contributed by atoms with Crippen LogP contribution < -0.4 is 10.6 Å². The van der Waals surface area contributed by atoms with E-state index < -0.39 is 0 Å². The third-order valence-corrected chi connectivity index (χ3v) is 5.49. The lowest BCUT2D eigenvalue weighted by molar-refractivity contribution is -0.120. The van der Waals surface area contributed by atoms with E-state index in [1.54, 1.807) is 40.8 Å². The summed E-state index contributed by atoms with van der Waals surface area (Å²) < 4.78 is 5.18. The van der Waals surface area contributed by atoms with Gasteiger partial charge in [0.2, 0.25) is 11.8 Å². The maximum Gasteiger partial charge on any atom is 0.254 e. The molecule has 0 aliphatic heterocycles. The number of carbonyl (C=O) groups is 3. The molecule has 0 fully saturated rings. The Morgan fingerprint density at radius 3 is 2.55 bits per heavy atom. The zero-order valence-electron chi connectivity index (χ0n) is 19.0. The molecule has 3 aromatic rings. The summed E-state index contributed by atoms with van der Waals surface area (Å²) in [5.41, 5.74) is 2.17. The molecule has 0 radical (unpaired) electrons. The molecule has 9 heteroatoms. The minimum Gasteiger partial charge on any atom is -0.467 e. The molecule has 0 saturated heterocycles. The first-order valence-electron chi connectivity index (χ1n) is 10.7. The lowest BCUT2D eigenvalue weighted by atomic mass is 10.1. The second-order valence-electron chi connectivity index (χ2n) is 8.17. The molecule has 0 unspecified atom stereocenters. The summed E-state index contributed by atoms with van der Waals surface area (Å²) in [5.74, 6) is 0.159. The Kier molecular flexibility index (Phi) is 8.37. The van der Waals surface area contributed by atoms with E-state index in [2.05, 4.69) is 15.6 Å². The average Bonchev–Trinajstić information content (AvgIpc) is 3.43. The first-order chi connectivity index (χ1) is 15.8. The van der Waals surface area contributed by atoms with Crippen LogP contribution in [0.2, 0.25) is 0 Å². The Balaban J connectivity index is 1.54. The minimum atomic E-state index is -0.334. The third kappa shape index (κ3) is 7.57. The molecule has 0 spiro atoms. The SMILES string of the molecule is Cc1ccc(C(=O)N(CC(=O)Nc2nc(CC(=O)NCc3ccco3)cs2)CC(C)C)cc1. The first kappa shape index (κ1) is 24.2. The summed E-state index contributed by atoms with van der Waals surface area (Å²) in [6, 6.07) is 10.8. The molecule has 174 valence electrons. The topological polar surface area (TPSA) is 105 Å². The molecular formula is C24H28N4O4S. The number of benzene rings is 1. The third-order valence-electron chi connectivity index (χ3n) is 4.69. The molecule has 2 N–H and O–H groups in total. The van der Waals surface area contributed by atoms with Crippen molar-refractivity contribution in [3.8, 4) is 0 Å². The van der Waals surface area contributed by atoms with E-state index in [-0.39, 0.29) is 36.6 Å². The molecular weight excluding hydrogens is 440 g/mol. The van der Waals surface area contributed by atoms with Crippen LogP contribution in [0, 0.1) is 12.8 Å². The normalized spacial score (nSPS) is 10.8. The molecule has 2 aromatic heterocycles. The van der Waals surface area contributed by atoms with Gasteiger partial charge in [0, 0.05) is 17.5 Å². The summed E-state index contributed by atoms with van der Waals surface area (Å²) in [5, 5.41) is 7.61. The molecule has 0 bridgehead atoms. The number of nitrogens with one attached hydrogen (secondary N) is 2. The van der Waals surface area contributed by atoms with E-state index in [1.807, 2.05) is 32.9 Å². The zero-order valence-corrected chi connectivity index (χ0v) is 19.8. The maximum atomic E-state index is 12.9. The lowest BCUT2D eigenvalue weighted by Gasteiger charge is -2.24. The Morgan fingerprint density at radius 2 is 1.88 bits per heavy atom. The summed E-state index contributed by atoms with van der Waals surface area (Å²) in [6.45, 7) is 6.64. The van der Waals surface area contributed by atoms with Gasteiger partial charge in [0.05, 0.1) is 24.9 Å². The predicted octanol–water partition coefficient (Wildman–Crippen LogP) is 3.64. The monoisotopic (exact) mass is 468 g/mol. The number of anilines is 1. The Labute approximate surface area is 197 Å². The number of furan rings is 1. The van der Waals surface area contributed by atoms with Crippen LogP contribution in [-0.2, 0) is 22.6 Å². The highest BCUT2D eigenvalue weighted by Crippen LogP contribution is 2.16. The Morgan fingerprint density at radius 1 is 1.12 bits per heavy atom. The molecule has 8 nitrogen and oxygen atoms in total. The molecule has 0 aliphatic rings. The highest BCUT2D eigenvalue weighted by molar-refractivity contribution is 7.13. The van der Waals surface area contributed by atoms with Crippen LogP contribution in [0.15, 0.2) is 52.5 Å². The van der Waals surface area contributed by atoms with Gasteiger partial charge in [-0.05, 0) is 37.1 Å². The lowest BCUT2D eigenvalue weighted by Crippen LogP contribution is -2.40. The van der Waals surface area contributed by atoms with Crippen molar-refractivity contribution in [2.24, 2.45) is 5.92 Å². The van der Waals surface area contributed by atoms with Gasteiger partial charge < -0.3 is 20.0 Å². The number of hydrogen-bond acceptors (Lipinski definition) is 6. The van der Waals surface area contributed by atoms with Crippen molar-refractivity contribution in [1.82, 2.24) is 15.2 Å². The van der Waals surface area contributed by atoms with Crippen LogP contribution >= 0.6 is 11.3 Å². The molecule has 33 heavy (non-hydrogen) atoms. The standard InChI is InChI=1S/C24H28N4O4S/c1-16(2)13-28(23(31)18-8-6-17(3)7-9-18)14-22(30)27-24-26-19(15-33-24)11-21(29)25-12-20-5-4-10-32-20/h4-10,15-16H,11-14H2,1-3H3,(H,25,29)(H,26,27,30). The number of amides is 3. The number of thiazole rings is 1. The van der Waals surface area contributed by atoms with E-state index in [0.29, 0.717) is 35.2 Å². The van der Waals surface area contributed by atoms with Crippen LogP contribution in [0.25, 0.3) is 0 Å². The number of rotatable bonds is 10. The van der Waals surface area contributed by atoms with Gasteiger partial charge in [0.1, 0.15) is 12.3 Å². The first-order valence-corrected chi connectivity index (χ1v) is 11.6. The quantitative estimate of drug-likeness (QED) is 0.473. The van der Waals surface area contributed by atoms with Gasteiger partial charge in [-0.1, -0.05) is 31.5 Å². The van der Waals surface area contributed by atoms with Crippen molar-refractivity contribution in [3.05, 3.63) is 70.6 Å². The summed E-state index contributed by atoms with van der Waals surface area (Å²) in [4.78, 5) is 43.5. The minimum absolute atomic E-state index is 0.0799. The number of aromatic nitrogens is 1. The van der Waals surface area contributed by atoms with Crippen molar-refractivity contribution in [1.29, 1.82) is 0 Å². The summed E-state index contributed by atoms with van der Waals surface area (Å²) >= 11 is 1.24. The number of hydrogen-bond donors (Lipinski definition) is 2. The maximum absolute atomic E-state index is 12.9. The van der Waals surface area contributed by atoms with Gasteiger partial charge in [0.15, 0.2) is 5.13 Å². The predicted molar refractivity (Wildman–Crippen MR) is 127 cm³/mol. The smallest absolute Gasteiger partial charge is 0.254 e. The van der Waals surface area contributed by atoms with Gasteiger partial charge in [-0.3, -0.25) is 14.4 Å². The summed E-state index contributed by atoms with van der Waals surface area (Å²) in [7, 11) is 0. The van der Waals surface area contributed by atoms with Crippen LogP contribution in [0.3, 0.4) is 0 Å². The van der Waals surface area contributed by atoms with Gasteiger partial charge in [-0.25, -0.2) is 4.98 Å². The van der Waals surface area contributed by atoms with Crippen LogP contribution in [-0.4, -0.2) is 40.7 Å². The highest BCUT2D eigenvalue weighted by Gasteiger charge is 2.20. The number of aryl methyl sites for hydroxylation is 1.